The summed E-state index contributed by atoms with van der Waals surface area (Å²) >= 11 is 6.08. The Balaban J connectivity index is 1.59. The molecule has 0 radical (unpaired) electrons. The van der Waals surface area contributed by atoms with Crippen molar-refractivity contribution < 1.29 is 17.5 Å². The van der Waals surface area contributed by atoms with Gasteiger partial charge in [-0.25, -0.2) is 32.7 Å². The SMILES string of the molecule is COc1cc(-c2cccc(Cl)c2)c(F)cc1-c1ncnc2cc(S(=O)(=O)Cc3ncccn3)ccc12. The minimum absolute atomic E-state index is 0.0709. The second kappa shape index (κ2) is 9.60. The molecule has 10 heteroatoms. The maximum Gasteiger partial charge on any atom is 0.185 e. The third-order valence-corrected chi connectivity index (χ3v) is 7.43. The lowest BCUT2D eigenvalue weighted by Gasteiger charge is -2.14. The van der Waals surface area contributed by atoms with E-state index in [-0.39, 0.29) is 16.5 Å². The van der Waals surface area contributed by atoms with Crippen molar-refractivity contribution >= 4 is 32.3 Å². The van der Waals surface area contributed by atoms with Gasteiger partial charge in [0, 0.05) is 33.9 Å². The highest BCUT2D eigenvalue weighted by molar-refractivity contribution is 7.90. The van der Waals surface area contributed by atoms with Crippen LogP contribution in [0.15, 0.2) is 84.3 Å². The molecule has 0 saturated carbocycles. The molecule has 0 aliphatic heterocycles. The van der Waals surface area contributed by atoms with Crippen LogP contribution >= 0.6 is 11.6 Å². The van der Waals surface area contributed by atoms with Crippen molar-refractivity contribution in [2.45, 2.75) is 10.6 Å². The Morgan fingerprint density at radius 3 is 2.47 bits per heavy atom. The van der Waals surface area contributed by atoms with E-state index in [0.29, 0.717) is 44.1 Å². The van der Waals surface area contributed by atoms with Crippen LogP contribution < -0.4 is 4.74 Å². The first-order valence-corrected chi connectivity index (χ1v) is 12.8. The van der Waals surface area contributed by atoms with Crippen LogP contribution in [0.1, 0.15) is 5.82 Å². The van der Waals surface area contributed by atoms with Crippen molar-refractivity contribution in [3.05, 3.63) is 96.0 Å². The Morgan fingerprint density at radius 1 is 0.917 bits per heavy atom. The fraction of sp³-hybridized carbons (Fsp3) is 0.0769. The number of hydrogen-bond acceptors (Lipinski definition) is 7. The number of sulfone groups is 1. The highest BCUT2D eigenvalue weighted by Crippen LogP contribution is 2.38. The van der Waals surface area contributed by atoms with Crippen molar-refractivity contribution in [2.75, 3.05) is 7.11 Å². The molecule has 0 amide bonds. The lowest BCUT2D eigenvalue weighted by Crippen LogP contribution is -2.08. The predicted molar refractivity (Wildman–Crippen MR) is 135 cm³/mol. The smallest absolute Gasteiger partial charge is 0.185 e. The molecular weight excluding hydrogens is 503 g/mol. The number of fused-ring (bicyclic) bond motifs is 1. The molecule has 36 heavy (non-hydrogen) atoms. The largest absolute Gasteiger partial charge is 0.496 e. The van der Waals surface area contributed by atoms with Crippen molar-refractivity contribution in [3.63, 3.8) is 0 Å². The van der Waals surface area contributed by atoms with Gasteiger partial charge in [0.05, 0.1) is 23.2 Å². The lowest BCUT2D eigenvalue weighted by atomic mass is 9.99. The van der Waals surface area contributed by atoms with Crippen molar-refractivity contribution in [1.29, 1.82) is 0 Å². The number of nitrogens with zero attached hydrogens (tertiary/aromatic N) is 4. The first-order chi connectivity index (χ1) is 17.4. The summed E-state index contributed by atoms with van der Waals surface area (Å²) in [5.41, 5.74) is 2.13. The van der Waals surface area contributed by atoms with Crippen LogP contribution in [0.5, 0.6) is 5.75 Å². The Kier molecular flexibility index (Phi) is 6.34. The van der Waals surface area contributed by atoms with E-state index in [2.05, 4.69) is 19.9 Å². The summed E-state index contributed by atoms with van der Waals surface area (Å²) in [6, 6.07) is 16.0. The highest BCUT2D eigenvalue weighted by atomic mass is 35.5. The molecule has 0 aliphatic carbocycles. The third kappa shape index (κ3) is 4.62. The van der Waals surface area contributed by atoms with Crippen LogP contribution in [0.3, 0.4) is 0 Å². The number of benzene rings is 3. The summed E-state index contributed by atoms with van der Waals surface area (Å²) in [5.74, 6) is -0.242. The van der Waals surface area contributed by atoms with Crippen LogP contribution in [-0.4, -0.2) is 35.5 Å². The molecule has 0 N–H and O–H groups in total. The maximum atomic E-state index is 15.3. The van der Waals surface area contributed by atoms with Gasteiger partial charge < -0.3 is 4.74 Å². The molecule has 2 aromatic heterocycles. The summed E-state index contributed by atoms with van der Waals surface area (Å²) < 4.78 is 46.7. The molecule has 0 saturated heterocycles. The van der Waals surface area contributed by atoms with Gasteiger partial charge in [0.2, 0.25) is 0 Å². The molecule has 0 fully saturated rings. The molecule has 3 aromatic carbocycles. The first kappa shape index (κ1) is 23.8. The zero-order chi connectivity index (χ0) is 25.3. The Labute approximate surface area is 211 Å². The summed E-state index contributed by atoms with van der Waals surface area (Å²) in [7, 11) is -2.24. The second-order valence-electron chi connectivity index (χ2n) is 7.87. The fourth-order valence-electron chi connectivity index (χ4n) is 3.89. The molecule has 5 rings (SSSR count). The van der Waals surface area contributed by atoms with Crippen LogP contribution in [0, 0.1) is 5.82 Å². The van der Waals surface area contributed by atoms with E-state index in [0.717, 1.165) is 0 Å². The van der Waals surface area contributed by atoms with E-state index < -0.39 is 15.7 Å². The van der Waals surface area contributed by atoms with Gasteiger partial charge in [0.15, 0.2) is 9.84 Å². The molecule has 2 heterocycles. The summed E-state index contributed by atoms with van der Waals surface area (Å²) in [4.78, 5) is 16.7. The van der Waals surface area contributed by atoms with Gasteiger partial charge >= 0.3 is 0 Å². The van der Waals surface area contributed by atoms with Crippen LogP contribution in [0.25, 0.3) is 33.3 Å². The van der Waals surface area contributed by atoms with Gasteiger partial charge in [-0.1, -0.05) is 23.7 Å². The molecular formula is C26H18ClFN4O3S. The van der Waals surface area contributed by atoms with Crippen LogP contribution in [-0.2, 0) is 15.6 Å². The van der Waals surface area contributed by atoms with Crippen LogP contribution in [0.2, 0.25) is 5.02 Å². The predicted octanol–water partition coefficient (Wildman–Crippen LogP) is 5.53. The molecule has 0 atom stereocenters. The minimum Gasteiger partial charge on any atom is -0.496 e. The lowest BCUT2D eigenvalue weighted by molar-refractivity contribution is 0.415. The average Bonchev–Trinajstić information content (AvgIpc) is 2.88. The van der Waals surface area contributed by atoms with Gasteiger partial charge in [-0.05, 0) is 54.1 Å². The van der Waals surface area contributed by atoms with E-state index >= 15 is 4.39 Å². The van der Waals surface area contributed by atoms with Gasteiger partial charge in [-0.3, -0.25) is 0 Å². The number of hydrogen-bond donors (Lipinski definition) is 0. The molecule has 0 aliphatic rings. The molecule has 180 valence electrons. The van der Waals surface area contributed by atoms with Gasteiger partial charge in [0.25, 0.3) is 0 Å². The van der Waals surface area contributed by atoms with Crippen molar-refractivity contribution in [1.82, 2.24) is 19.9 Å². The highest BCUT2D eigenvalue weighted by Gasteiger charge is 2.21. The second-order valence-corrected chi connectivity index (χ2v) is 10.3. The molecule has 7 nitrogen and oxygen atoms in total. The Bertz CT molecular complexity index is 1700. The van der Waals surface area contributed by atoms with Crippen molar-refractivity contribution in [3.8, 4) is 28.1 Å². The van der Waals surface area contributed by atoms with Gasteiger partial charge in [-0.15, -0.1) is 0 Å². The average molecular weight is 521 g/mol. The quantitative estimate of drug-likeness (QED) is 0.290. The normalized spacial score (nSPS) is 11.5. The molecule has 0 unspecified atom stereocenters. The van der Waals surface area contributed by atoms with E-state index in [1.165, 1.54) is 44.0 Å². The summed E-state index contributed by atoms with van der Waals surface area (Å²) in [5, 5.41) is 1.03. The van der Waals surface area contributed by atoms with E-state index in [9.17, 15) is 8.42 Å². The van der Waals surface area contributed by atoms with Gasteiger partial charge in [0.1, 0.15) is 29.5 Å². The number of rotatable bonds is 6. The third-order valence-electron chi connectivity index (χ3n) is 5.59. The Hall–Kier alpha value is -3.95. The monoisotopic (exact) mass is 520 g/mol. The summed E-state index contributed by atoms with van der Waals surface area (Å²) in [6.07, 6.45) is 4.28. The Morgan fingerprint density at radius 2 is 1.72 bits per heavy atom. The zero-order valence-electron chi connectivity index (χ0n) is 18.9. The first-order valence-electron chi connectivity index (χ1n) is 10.7. The van der Waals surface area contributed by atoms with E-state index in [1.807, 2.05) is 0 Å². The number of aromatic nitrogens is 4. The standard InChI is InChI=1S/C26H18ClFN4O3S/c1-35-24-13-20(16-4-2-5-17(27)10-16)22(28)12-21(24)26-19-7-6-18(11-23(19)31-15-32-26)36(33,34)14-25-29-8-3-9-30-25/h2-13,15H,14H2,1H3. The number of ether oxygens (including phenoxy) is 1. The number of halogens is 2. The van der Waals surface area contributed by atoms with E-state index in [4.69, 9.17) is 16.3 Å². The number of methoxy groups -OCH3 is 1. The molecule has 0 bridgehead atoms. The molecule has 0 spiro atoms. The minimum atomic E-state index is -3.72. The van der Waals surface area contributed by atoms with Crippen molar-refractivity contribution in [2.24, 2.45) is 0 Å². The molecule has 5 aromatic rings. The fourth-order valence-corrected chi connectivity index (χ4v) is 5.30. The maximum absolute atomic E-state index is 15.3. The zero-order valence-corrected chi connectivity index (χ0v) is 20.5. The van der Waals surface area contributed by atoms with E-state index in [1.54, 1.807) is 42.5 Å². The van der Waals surface area contributed by atoms with Gasteiger partial charge in [-0.2, -0.15) is 0 Å². The summed E-state index contributed by atoms with van der Waals surface area (Å²) in [6.45, 7) is 0. The van der Waals surface area contributed by atoms with Crippen LogP contribution in [0.4, 0.5) is 4.39 Å². The topological polar surface area (TPSA) is 94.9 Å².